The molecule has 2 N–H and O–H groups in total. The summed E-state index contributed by atoms with van der Waals surface area (Å²) in [5.41, 5.74) is 6.39. The molecule has 15 heavy (non-hydrogen) atoms. The Balaban J connectivity index is 2.02. The highest BCUT2D eigenvalue weighted by Gasteiger charge is 2.18. The van der Waals surface area contributed by atoms with Crippen molar-refractivity contribution in [3.05, 3.63) is 35.9 Å². The van der Waals surface area contributed by atoms with E-state index in [1.54, 1.807) is 0 Å². The first-order chi connectivity index (χ1) is 7.40. The molecule has 0 aromatic heterocycles. The van der Waals surface area contributed by atoms with Crippen molar-refractivity contribution < 1.29 is 4.79 Å². The number of carbonyl (C=O) groups is 1. The molecule has 1 aliphatic rings. The molecule has 0 bridgehead atoms. The molecule has 4 nitrogen and oxygen atoms in total. The van der Waals surface area contributed by atoms with Crippen LogP contribution in [-0.2, 0) is 4.79 Å². The monoisotopic (exact) mass is 203 g/mol. The van der Waals surface area contributed by atoms with Crippen LogP contribution in [0.3, 0.4) is 0 Å². The summed E-state index contributed by atoms with van der Waals surface area (Å²) in [7, 11) is 0. The molecule has 1 atom stereocenters. The number of hydrogen-bond donors (Lipinski definition) is 2. The lowest BCUT2D eigenvalue weighted by Gasteiger charge is -2.05. The van der Waals surface area contributed by atoms with E-state index in [1.165, 1.54) is 5.56 Å². The lowest BCUT2D eigenvalue weighted by atomic mass is 10.1. The van der Waals surface area contributed by atoms with Gasteiger partial charge in [0.05, 0.1) is 6.04 Å². The predicted molar refractivity (Wildman–Crippen MR) is 58.2 cm³/mol. The average Bonchev–Trinajstić information content (AvgIpc) is 2.76. The summed E-state index contributed by atoms with van der Waals surface area (Å²) in [6.07, 6.45) is 2.48. The van der Waals surface area contributed by atoms with E-state index in [4.69, 9.17) is 0 Å². The third-order valence-electron chi connectivity index (χ3n) is 2.43. The Morgan fingerprint density at radius 1 is 1.33 bits per heavy atom. The molecule has 1 unspecified atom stereocenters. The van der Waals surface area contributed by atoms with Crippen LogP contribution in [0.4, 0.5) is 0 Å². The van der Waals surface area contributed by atoms with Crippen LogP contribution in [-0.4, -0.2) is 12.2 Å². The Morgan fingerprint density at radius 2 is 2.13 bits per heavy atom. The van der Waals surface area contributed by atoms with Crippen molar-refractivity contribution in [2.24, 2.45) is 4.99 Å². The molecule has 0 saturated carbocycles. The van der Waals surface area contributed by atoms with Crippen molar-refractivity contribution in [2.45, 2.75) is 18.9 Å². The van der Waals surface area contributed by atoms with Crippen molar-refractivity contribution >= 4 is 12.2 Å². The zero-order chi connectivity index (χ0) is 10.5. The van der Waals surface area contributed by atoms with E-state index in [2.05, 4.69) is 28.0 Å². The fourth-order valence-electron chi connectivity index (χ4n) is 1.71. The number of nitrogens with zero attached hydrogens (tertiary/aromatic N) is 1. The van der Waals surface area contributed by atoms with Crippen molar-refractivity contribution in [1.29, 1.82) is 0 Å². The number of amidine groups is 1. The zero-order valence-electron chi connectivity index (χ0n) is 8.31. The third kappa shape index (κ3) is 2.34. The summed E-state index contributed by atoms with van der Waals surface area (Å²) < 4.78 is 0. The first-order valence-electron chi connectivity index (χ1n) is 4.97. The van der Waals surface area contributed by atoms with Crippen LogP contribution in [0.25, 0.3) is 0 Å². The summed E-state index contributed by atoms with van der Waals surface area (Å²) >= 11 is 0. The molecule has 4 heteroatoms. The van der Waals surface area contributed by atoms with Crippen LogP contribution < -0.4 is 10.9 Å². The second kappa shape index (κ2) is 4.59. The molecule has 78 valence electrons. The quantitative estimate of drug-likeness (QED) is 0.572. The number of aliphatic imine (C=N–C) groups is 1. The van der Waals surface area contributed by atoms with Gasteiger partial charge in [-0.2, -0.15) is 0 Å². The smallest absolute Gasteiger partial charge is 0.225 e. The number of nitrogens with one attached hydrogen (secondary N) is 2. The molecule has 1 amide bonds. The Morgan fingerprint density at radius 3 is 2.87 bits per heavy atom. The Kier molecular flexibility index (Phi) is 2.97. The largest absolute Gasteiger partial charge is 0.286 e. The van der Waals surface area contributed by atoms with Crippen molar-refractivity contribution in [1.82, 2.24) is 10.9 Å². The summed E-state index contributed by atoms with van der Waals surface area (Å²) in [5, 5.41) is 0. The van der Waals surface area contributed by atoms with Gasteiger partial charge in [0.1, 0.15) is 5.84 Å². The number of rotatable bonds is 3. The van der Waals surface area contributed by atoms with E-state index in [0.29, 0.717) is 6.41 Å². The minimum absolute atomic E-state index is 0.224. The van der Waals surface area contributed by atoms with Gasteiger partial charge in [-0.25, -0.2) is 0 Å². The van der Waals surface area contributed by atoms with Crippen molar-refractivity contribution in [3.8, 4) is 0 Å². The van der Waals surface area contributed by atoms with Crippen LogP contribution in [0, 0.1) is 0 Å². The lowest BCUT2D eigenvalue weighted by molar-refractivity contribution is -0.110. The van der Waals surface area contributed by atoms with Gasteiger partial charge in [-0.05, 0) is 12.0 Å². The maximum Gasteiger partial charge on any atom is 0.225 e. The Labute approximate surface area is 88.4 Å². The van der Waals surface area contributed by atoms with E-state index in [-0.39, 0.29) is 6.04 Å². The summed E-state index contributed by atoms with van der Waals surface area (Å²) in [6.45, 7) is 0. The predicted octanol–water partition coefficient (Wildman–Crippen LogP) is 1.17. The van der Waals surface area contributed by atoms with Gasteiger partial charge in [-0.1, -0.05) is 30.3 Å². The van der Waals surface area contributed by atoms with Gasteiger partial charge in [0, 0.05) is 6.42 Å². The van der Waals surface area contributed by atoms with Crippen LogP contribution >= 0.6 is 0 Å². The molecule has 0 fully saturated rings. The Hall–Kier alpha value is -1.84. The zero-order valence-corrected chi connectivity index (χ0v) is 8.31. The minimum atomic E-state index is 0.224. The van der Waals surface area contributed by atoms with Gasteiger partial charge in [0.2, 0.25) is 6.41 Å². The van der Waals surface area contributed by atoms with Gasteiger partial charge in [-0.3, -0.25) is 20.6 Å². The molecule has 1 aromatic rings. The molecule has 2 rings (SSSR count). The maximum atomic E-state index is 10.1. The molecule has 1 aromatic carbocycles. The van der Waals surface area contributed by atoms with E-state index < -0.39 is 0 Å². The van der Waals surface area contributed by atoms with E-state index in [1.807, 2.05) is 18.2 Å². The fraction of sp³-hybridized carbons (Fsp3) is 0.273. The number of amides is 1. The van der Waals surface area contributed by atoms with Crippen molar-refractivity contribution in [2.75, 3.05) is 0 Å². The lowest BCUT2D eigenvalue weighted by Crippen LogP contribution is -2.35. The normalized spacial score (nSPS) is 19.5. The average molecular weight is 203 g/mol. The highest BCUT2D eigenvalue weighted by molar-refractivity contribution is 5.84. The first-order valence-corrected chi connectivity index (χ1v) is 4.97. The SMILES string of the molecule is O=CNNC1=NC(c2ccccc2)CC1. The fourth-order valence-corrected chi connectivity index (χ4v) is 1.71. The van der Waals surface area contributed by atoms with E-state index >= 15 is 0 Å². The first kappa shape index (κ1) is 9.71. The molecular weight excluding hydrogens is 190 g/mol. The van der Waals surface area contributed by atoms with Crippen LogP contribution in [0.15, 0.2) is 35.3 Å². The molecule has 1 heterocycles. The molecule has 0 radical (unpaired) electrons. The summed E-state index contributed by atoms with van der Waals surface area (Å²) in [5.74, 6) is 0.843. The number of carbonyl (C=O) groups excluding carboxylic acids is 1. The molecule has 0 saturated heterocycles. The number of benzene rings is 1. The third-order valence-corrected chi connectivity index (χ3v) is 2.43. The highest BCUT2D eigenvalue weighted by Crippen LogP contribution is 2.27. The molecule has 0 spiro atoms. The standard InChI is InChI=1S/C11H13N3O/c15-8-12-14-11-7-6-10(13-11)9-4-2-1-3-5-9/h1-5,8,10H,6-7H2,(H,12,15)(H,13,14). The molecular formula is C11H13N3O. The highest BCUT2D eigenvalue weighted by atomic mass is 16.1. The summed E-state index contributed by atoms with van der Waals surface area (Å²) in [4.78, 5) is 14.6. The second-order valence-corrected chi connectivity index (χ2v) is 3.43. The molecule has 0 aliphatic carbocycles. The van der Waals surface area contributed by atoms with Crippen LogP contribution in [0.2, 0.25) is 0 Å². The second-order valence-electron chi connectivity index (χ2n) is 3.43. The topological polar surface area (TPSA) is 53.5 Å². The minimum Gasteiger partial charge on any atom is -0.286 e. The maximum absolute atomic E-state index is 10.1. The Bertz CT molecular complexity index is 361. The van der Waals surface area contributed by atoms with Gasteiger partial charge in [-0.15, -0.1) is 0 Å². The van der Waals surface area contributed by atoms with Gasteiger partial charge < -0.3 is 0 Å². The van der Waals surface area contributed by atoms with E-state index in [9.17, 15) is 4.79 Å². The number of hydrazine groups is 1. The summed E-state index contributed by atoms with van der Waals surface area (Å²) in [6, 6.07) is 10.4. The van der Waals surface area contributed by atoms with Gasteiger partial charge >= 0.3 is 0 Å². The number of hydrogen-bond acceptors (Lipinski definition) is 3. The van der Waals surface area contributed by atoms with Crippen LogP contribution in [0.1, 0.15) is 24.4 Å². The van der Waals surface area contributed by atoms with Gasteiger partial charge in [0.25, 0.3) is 0 Å². The van der Waals surface area contributed by atoms with Crippen molar-refractivity contribution in [3.63, 3.8) is 0 Å². The van der Waals surface area contributed by atoms with E-state index in [0.717, 1.165) is 18.7 Å². The molecule has 1 aliphatic heterocycles. The van der Waals surface area contributed by atoms with Crippen LogP contribution in [0.5, 0.6) is 0 Å². The van der Waals surface area contributed by atoms with Gasteiger partial charge in [0.15, 0.2) is 0 Å².